The fraction of sp³-hybridized carbons (Fsp3) is 0.867. The Morgan fingerprint density at radius 2 is 2.05 bits per heavy atom. The maximum atomic E-state index is 11.7. The zero-order chi connectivity index (χ0) is 15.2. The fourth-order valence-electron chi connectivity index (χ4n) is 2.49. The van der Waals surface area contributed by atoms with Gasteiger partial charge in [0, 0.05) is 13.1 Å². The van der Waals surface area contributed by atoms with Crippen LogP contribution in [0.2, 0.25) is 0 Å². The molecule has 0 aromatic carbocycles. The molecule has 1 rings (SSSR count). The Bertz CT molecular complexity index is 348. The lowest BCUT2D eigenvalue weighted by Crippen LogP contribution is -2.47. The van der Waals surface area contributed by atoms with Crippen LogP contribution in [0.15, 0.2) is 4.99 Å². The van der Waals surface area contributed by atoms with Crippen molar-refractivity contribution >= 4 is 11.9 Å². The molecule has 116 valence electrons. The highest BCUT2D eigenvalue weighted by molar-refractivity contribution is 5.84. The Hall–Kier alpha value is -1.26. The monoisotopic (exact) mass is 283 g/mol. The van der Waals surface area contributed by atoms with Gasteiger partial charge in [0.05, 0.1) is 0 Å². The Balaban J connectivity index is 2.35. The van der Waals surface area contributed by atoms with Gasteiger partial charge in [0.2, 0.25) is 0 Å². The molecule has 0 aromatic rings. The second-order valence-corrected chi connectivity index (χ2v) is 6.63. The van der Waals surface area contributed by atoms with Gasteiger partial charge in [0.15, 0.2) is 5.96 Å². The Labute approximate surface area is 122 Å². The molecule has 0 aromatic heterocycles. The van der Waals surface area contributed by atoms with Crippen LogP contribution in [0.25, 0.3) is 0 Å². The van der Waals surface area contributed by atoms with Crippen LogP contribution in [0.4, 0.5) is 0 Å². The topological polar surface area (TPSA) is 62.7 Å². The molecule has 1 saturated carbocycles. The lowest BCUT2D eigenvalue weighted by molar-refractivity contribution is -0.153. The van der Waals surface area contributed by atoms with Crippen LogP contribution in [0.5, 0.6) is 0 Å². The lowest BCUT2D eigenvalue weighted by Gasteiger charge is -2.29. The van der Waals surface area contributed by atoms with Crippen molar-refractivity contribution in [2.75, 3.05) is 13.6 Å². The molecular weight excluding hydrogens is 254 g/mol. The van der Waals surface area contributed by atoms with Gasteiger partial charge in [-0.25, -0.2) is 0 Å². The molecule has 1 aliphatic carbocycles. The first kappa shape index (κ1) is 16.8. The predicted octanol–water partition coefficient (Wildman–Crippen LogP) is 2.07. The summed E-state index contributed by atoms with van der Waals surface area (Å²) < 4.78 is 5.26. The quantitative estimate of drug-likeness (QED) is 0.473. The van der Waals surface area contributed by atoms with E-state index in [1.165, 1.54) is 12.8 Å². The zero-order valence-electron chi connectivity index (χ0n) is 13.5. The van der Waals surface area contributed by atoms with Gasteiger partial charge < -0.3 is 15.4 Å². The van der Waals surface area contributed by atoms with Crippen LogP contribution in [0.1, 0.15) is 53.4 Å². The molecule has 0 amide bonds. The summed E-state index contributed by atoms with van der Waals surface area (Å²) in [4.78, 5) is 15.8. The van der Waals surface area contributed by atoms with Crippen LogP contribution >= 0.6 is 0 Å². The highest BCUT2D eigenvalue weighted by Crippen LogP contribution is 2.23. The Morgan fingerprint density at radius 3 is 2.60 bits per heavy atom. The van der Waals surface area contributed by atoms with E-state index in [1.807, 2.05) is 20.8 Å². The van der Waals surface area contributed by atoms with Crippen molar-refractivity contribution in [3.05, 3.63) is 0 Å². The van der Waals surface area contributed by atoms with Gasteiger partial charge in [-0.05, 0) is 39.5 Å². The van der Waals surface area contributed by atoms with Crippen molar-refractivity contribution in [2.45, 2.75) is 65.0 Å². The van der Waals surface area contributed by atoms with Crippen LogP contribution in [0, 0.1) is 5.92 Å². The number of ether oxygens (including phenoxy) is 1. The summed E-state index contributed by atoms with van der Waals surface area (Å²) in [6.45, 7) is 8.01. The average molecular weight is 283 g/mol. The molecule has 0 heterocycles. The van der Waals surface area contributed by atoms with Crippen LogP contribution in [-0.4, -0.2) is 37.2 Å². The summed E-state index contributed by atoms with van der Waals surface area (Å²) in [5, 5.41) is 6.40. The molecule has 0 radical (unpaired) electrons. The highest BCUT2D eigenvalue weighted by atomic mass is 16.6. The molecule has 5 nitrogen and oxygen atoms in total. The van der Waals surface area contributed by atoms with Crippen molar-refractivity contribution < 1.29 is 9.53 Å². The second kappa shape index (κ2) is 7.50. The standard InChI is InChI=1S/C15H29N3O2/c1-11-7-6-8-12(9-11)18-14(16-5)17-10-13(19)20-15(2,3)4/h11-12H,6-10H2,1-5H3,(H2,16,17,18). The Morgan fingerprint density at radius 1 is 1.35 bits per heavy atom. The summed E-state index contributed by atoms with van der Waals surface area (Å²) in [7, 11) is 1.72. The van der Waals surface area contributed by atoms with Gasteiger partial charge in [0.25, 0.3) is 0 Å². The van der Waals surface area contributed by atoms with E-state index in [4.69, 9.17) is 4.74 Å². The third-order valence-electron chi connectivity index (χ3n) is 3.32. The van der Waals surface area contributed by atoms with Gasteiger partial charge in [-0.3, -0.25) is 9.79 Å². The van der Waals surface area contributed by atoms with E-state index in [0.29, 0.717) is 12.0 Å². The molecule has 5 heteroatoms. The number of rotatable bonds is 3. The van der Waals surface area contributed by atoms with Gasteiger partial charge >= 0.3 is 5.97 Å². The molecule has 0 saturated heterocycles. The Kier molecular flexibility index (Phi) is 6.30. The van der Waals surface area contributed by atoms with Crippen molar-refractivity contribution in [3.63, 3.8) is 0 Å². The van der Waals surface area contributed by atoms with Gasteiger partial charge in [-0.2, -0.15) is 0 Å². The first-order chi connectivity index (χ1) is 9.30. The number of hydrogen-bond acceptors (Lipinski definition) is 3. The minimum Gasteiger partial charge on any atom is -0.459 e. The first-order valence-electron chi connectivity index (χ1n) is 7.49. The molecule has 20 heavy (non-hydrogen) atoms. The number of nitrogens with zero attached hydrogens (tertiary/aromatic N) is 1. The molecule has 2 unspecified atom stereocenters. The molecule has 2 N–H and O–H groups in total. The van der Waals surface area contributed by atoms with E-state index in [0.717, 1.165) is 18.8 Å². The van der Waals surface area contributed by atoms with E-state index in [2.05, 4.69) is 22.5 Å². The van der Waals surface area contributed by atoms with E-state index >= 15 is 0 Å². The van der Waals surface area contributed by atoms with Crippen molar-refractivity contribution in [1.29, 1.82) is 0 Å². The summed E-state index contributed by atoms with van der Waals surface area (Å²) in [6, 6.07) is 0.448. The fourth-order valence-corrected chi connectivity index (χ4v) is 2.49. The lowest BCUT2D eigenvalue weighted by atomic mass is 9.87. The van der Waals surface area contributed by atoms with Gasteiger partial charge in [-0.1, -0.05) is 19.8 Å². The summed E-state index contributed by atoms with van der Waals surface area (Å²) in [5.74, 6) is 1.16. The largest absolute Gasteiger partial charge is 0.459 e. The van der Waals surface area contributed by atoms with Crippen LogP contribution in [0.3, 0.4) is 0 Å². The molecule has 1 fully saturated rings. The smallest absolute Gasteiger partial charge is 0.325 e. The molecule has 0 bridgehead atoms. The maximum Gasteiger partial charge on any atom is 0.325 e. The van der Waals surface area contributed by atoms with Gasteiger partial charge in [0.1, 0.15) is 12.1 Å². The summed E-state index contributed by atoms with van der Waals surface area (Å²) in [5.41, 5.74) is -0.450. The molecule has 1 aliphatic rings. The van der Waals surface area contributed by atoms with E-state index in [1.54, 1.807) is 7.05 Å². The van der Waals surface area contributed by atoms with Crippen molar-refractivity contribution in [3.8, 4) is 0 Å². The third kappa shape index (κ3) is 6.78. The minimum absolute atomic E-state index is 0.138. The summed E-state index contributed by atoms with van der Waals surface area (Å²) in [6.07, 6.45) is 4.88. The molecular formula is C15H29N3O2. The van der Waals surface area contributed by atoms with Gasteiger partial charge in [-0.15, -0.1) is 0 Å². The third-order valence-corrected chi connectivity index (χ3v) is 3.32. The highest BCUT2D eigenvalue weighted by Gasteiger charge is 2.20. The van der Waals surface area contributed by atoms with E-state index in [9.17, 15) is 4.79 Å². The number of carbonyl (C=O) groups excluding carboxylic acids is 1. The second-order valence-electron chi connectivity index (χ2n) is 6.63. The SMILES string of the molecule is CN=C(NCC(=O)OC(C)(C)C)NC1CCCC(C)C1. The predicted molar refractivity (Wildman–Crippen MR) is 81.8 cm³/mol. The number of aliphatic imine (C=N–C) groups is 1. The van der Waals surface area contributed by atoms with E-state index < -0.39 is 5.60 Å². The van der Waals surface area contributed by atoms with E-state index in [-0.39, 0.29) is 12.5 Å². The van der Waals surface area contributed by atoms with Crippen LogP contribution < -0.4 is 10.6 Å². The van der Waals surface area contributed by atoms with Crippen molar-refractivity contribution in [1.82, 2.24) is 10.6 Å². The minimum atomic E-state index is -0.450. The number of guanidine groups is 1. The summed E-state index contributed by atoms with van der Waals surface area (Å²) >= 11 is 0. The van der Waals surface area contributed by atoms with Crippen LogP contribution in [-0.2, 0) is 9.53 Å². The maximum absolute atomic E-state index is 11.7. The van der Waals surface area contributed by atoms with Crippen molar-refractivity contribution in [2.24, 2.45) is 10.9 Å². The average Bonchev–Trinajstić information content (AvgIpc) is 2.32. The molecule has 2 atom stereocenters. The molecule has 0 aliphatic heterocycles. The normalized spacial score (nSPS) is 24.1. The first-order valence-corrected chi connectivity index (χ1v) is 7.49. The number of nitrogens with one attached hydrogen (secondary N) is 2. The number of hydrogen-bond donors (Lipinski definition) is 2. The molecule has 0 spiro atoms. The number of carbonyl (C=O) groups is 1. The number of esters is 1. The zero-order valence-corrected chi connectivity index (χ0v) is 13.5.